The number of carboxylic acids is 1. The third kappa shape index (κ3) is 1.95. The first-order valence-electron chi connectivity index (χ1n) is 9.88. The van der Waals surface area contributed by atoms with Crippen molar-refractivity contribution in [3.05, 3.63) is 24.3 Å². The average Bonchev–Trinajstić information content (AvgIpc) is 3.03. The number of aliphatic hydroxyl groups excluding tert-OH is 2. The van der Waals surface area contributed by atoms with Gasteiger partial charge in [0.15, 0.2) is 0 Å². The average molecular weight is 392 g/mol. The fraction of sp³-hybridized carbons (Fsp3) is 0.714. The van der Waals surface area contributed by atoms with Crippen molar-refractivity contribution in [1.82, 2.24) is 0 Å². The molecule has 8 atom stereocenters. The molecule has 0 unspecified atom stereocenters. The summed E-state index contributed by atoms with van der Waals surface area (Å²) in [6.07, 6.45) is 4.11. The molecule has 4 bridgehead atoms. The Balaban J connectivity index is 0.000000604. The second kappa shape index (κ2) is 5.68. The van der Waals surface area contributed by atoms with E-state index in [1.165, 1.54) is 0 Å². The predicted molar refractivity (Wildman–Crippen MR) is 97.9 cm³/mol. The molecule has 4 aliphatic carbocycles. The Morgan fingerprint density at radius 3 is 2.68 bits per heavy atom. The van der Waals surface area contributed by atoms with Crippen LogP contribution in [0.4, 0.5) is 0 Å². The Hall–Kier alpha value is -1.70. The van der Waals surface area contributed by atoms with Gasteiger partial charge in [-0.05, 0) is 56.6 Å². The smallest absolute Gasteiger partial charge is 0.316 e. The summed E-state index contributed by atoms with van der Waals surface area (Å²) in [5.41, 5.74) is -3.29. The lowest BCUT2D eigenvalue weighted by Gasteiger charge is -2.44. The van der Waals surface area contributed by atoms with Gasteiger partial charge in [0.05, 0.1) is 17.6 Å². The third-order valence-corrected chi connectivity index (χ3v) is 8.12. The number of ether oxygens (including phenoxy) is 1. The van der Waals surface area contributed by atoms with Crippen molar-refractivity contribution in [3.8, 4) is 0 Å². The lowest BCUT2D eigenvalue weighted by atomic mass is 9.61. The second-order valence-electron chi connectivity index (χ2n) is 9.25. The summed E-state index contributed by atoms with van der Waals surface area (Å²) in [5.74, 6) is -3.18. The van der Waals surface area contributed by atoms with Crippen molar-refractivity contribution in [3.63, 3.8) is 0 Å². The number of aliphatic carboxylic acids is 1. The van der Waals surface area contributed by atoms with E-state index < -0.39 is 51.9 Å². The molecule has 3 saturated carbocycles. The first-order chi connectivity index (χ1) is 13.0. The molecule has 4 fully saturated rings. The molecule has 0 radical (unpaired) electrons. The Labute approximate surface area is 163 Å². The van der Waals surface area contributed by atoms with Crippen LogP contribution in [-0.4, -0.2) is 56.3 Å². The fourth-order valence-corrected chi connectivity index (χ4v) is 7.13. The van der Waals surface area contributed by atoms with E-state index >= 15 is 0 Å². The lowest BCUT2D eigenvalue weighted by molar-refractivity contribution is -0.163. The molecule has 4 N–H and O–H groups in total. The topological polar surface area (TPSA) is 124 Å². The molecule has 0 aromatic rings. The van der Waals surface area contributed by atoms with E-state index in [-0.39, 0.29) is 12.5 Å². The van der Waals surface area contributed by atoms with Crippen molar-refractivity contribution in [1.29, 1.82) is 0 Å². The van der Waals surface area contributed by atoms with Gasteiger partial charge in [-0.25, -0.2) is 0 Å². The summed E-state index contributed by atoms with van der Waals surface area (Å²) < 4.78 is 5.87. The molecule has 0 amide bonds. The number of carbonyl (C=O) groups is 2. The Kier molecular flexibility index (Phi) is 3.98. The molecule has 7 heteroatoms. The van der Waals surface area contributed by atoms with Crippen molar-refractivity contribution >= 4 is 11.9 Å². The third-order valence-electron chi connectivity index (χ3n) is 8.12. The highest BCUT2D eigenvalue weighted by molar-refractivity contribution is 5.86. The van der Waals surface area contributed by atoms with Gasteiger partial charge in [0.25, 0.3) is 0 Å². The molecular formula is C21H28O7. The number of hydrogen-bond donors (Lipinski definition) is 4. The highest BCUT2D eigenvalue weighted by atomic mass is 16.6. The summed E-state index contributed by atoms with van der Waals surface area (Å²) in [5, 5.41) is 39.2. The number of rotatable bonds is 1. The van der Waals surface area contributed by atoms with Crippen LogP contribution in [-0.2, 0) is 14.3 Å². The van der Waals surface area contributed by atoms with E-state index in [0.717, 1.165) is 0 Å². The minimum absolute atomic E-state index is 0.180. The second-order valence-corrected chi connectivity index (χ2v) is 9.25. The number of aliphatic hydroxyl groups is 3. The van der Waals surface area contributed by atoms with Gasteiger partial charge < -0.3 is 25.2 Å². The minimum atomic E-state index is -1.27. The zero-order valence-electron chi connectivity index (χ0n) is 16.2. The van der Waals surface area contributed by atoms with Crippen LogP contribution in [0.5, 0.6) is 0 Å². The Morgan fingerprint density at radius 1 is 1.43 bits per heavy atom. The van der Waals surface area contributed by atoms with Crippen LogP contribution >= 0.6 is 0 Å². The van der Waals surface area contributed by atoms with Crippen LogP contribution < -0.4 is 0 Å². The fourth-order valence-electron chi connectivity index (χ4n) is 7.13. The van der Waals surface area contributed by atoms with E-state index in [1.807, 2.05) is 0 Å². The molecule has 1 aliphatic heterocycles. The number of esters is 1. The molecule has 0 aromatic heterocycles. The highest BCUT2D eigenvalue weighted by Gasteiger charge is 2.83. The van der Waals surface area contributed by atoms with Crippen LogP contribution in [0.2, 0.25) is 0 Å². The Morgan fingerprint density at radius 2 is 2.07 bits per heavy atom. The first kappa shape index (κ1) is 19.6. The van der Waals surface area contributed by atoms with Gasteiger partial charge in [0.1, 0.15) is 11.0 Å². The van der Waals surface area contributed by atoms with Gasteiger partial charge >= 0.3 is 11.9 Å². The van der Waals surface area contributed by atoms with Crippen LogP contribution in [0, 0.1) is 28.6 Å². The SMILES string of the molecule is C=C1C[C@]23C[C@@]1(O)CC[C@H]2[C@@]12C=C[C@H](O)[C@@](C)(C(=O)O1)[C@H]2[C@@H]3C(=O)O.CCO. The number of carbonyl (C=O) groups excluding carboxylic acids is 1. The van der Waals surface area contributed by atoms with Crippen LogP contribution in [0.3, 0.4) is 0 Å². The van der Waals surface area contributed by atoms with Crippen molar-refractivity contribution in [2.24, 2.45) is 28.6 Å². The molecule has 28 heavy (non-hydrogen) atoms. The van der Waals surface area contributed by atoms with Crippen LogP contribution in [0.1, 0.15) is 39.5 Å². The standard InChI is InChI=1S/C19H22O6.C2H6O/c1-9-7-17-8-18(9,24)5-3-10(17)19-6-4-11(20)16(2,15(23)25-19)13(19)12(17)14(21)22;1-2-3/h4,6,10-13,20,24H,1,3,5,7-8H2,2H3,(H,21,22);3H,2H2,1H3/t10-,11+,12-,13-,16-,17+,18+,19-;/m1./s1. The van der Waals surface area contributed by atoms with Gasteiger partial charge in [0.2, 0.25) is 0 Å². The number of carboxylic acid groups (broad SMARTS) is 1. The summed E-state index contributed by atoms with van der Waals surface area (Å²) >= 11 is 0. The largest absolute Gasteiger partial charge is 0.481 e. The molecule has 7 nitrogen and oxygen atoms in total. The summed E-state index contributed by atoms with van der Waals surface area (Å²) in [6.45, 7) is 7.58. The number of fused-ring (bicyclic) bond motifs is 1. The molecule has 154 valence electrons. The zero-order valence-corrected chi connectivity index (χ0v) is 16.2. The normalized spacial score (nSPS) is 52.5. The van der Waals surface area contributed by atoms with E-state index in [1.54, 1.807) is 26.0 Å². The van der Waals surface area contributed by atoms with Gasteiger partial charge in [0, 0.05) is 18.4 Å². The zero-order chi connectivity index (χ0) is 20.7. The summed E-state index contributed by atoms with van der Waals surface area (Å²) in [7, 11) is 0. The van der Waals surface area contributed by atoms with Crippen LogP contribution in [0.15, 0.2) is 24.3 Å². The van der Waals surface area contributed by atoms with Crippen molar-refractivity contribution in [2.75, 3.05) is 6.61 Å². The van der Waals surface area contributed by atoms with Gasteiger partial charge in [-0.2, -0.15) is 0 Å². The predicted octanol–water partition coefficient (Wildman–Crippen LogP) is 1.03. The van der Waals surface area contributed by atoms with E-state index in [0.29, 0.717) is 31.3 Å². The molecule has 5 rings (SSSR count). The van der Waals surface area contributed by atoms with E-state index in [9.17, 15) is 24.9 Å². The minimum Gasteiger partial charge on any atom is -0.481 e. The van der Waals surface area contributed by atoms with E-state index in [2.05, 4.69) is 6.58 Å². The lowest BCUT2D eigenvalue weighted by Crippen LogP contribution is -2.50. The summed E-state index contributed by atoms with van der Waals surface area (Å²) in [4.78, 5) is 25.1. The first-order valence-corrected chi connectivity index (χ1v) is 9.88. The van der Waals surface area contributed by atoms with Gasteiger partial charge in [-0.15, -0.1) is 0 Å². The molecular weight excluding hydrogens is 364 g/mol. The monoisotopic (exact) mass is 392 g/mol. The molecule has 1 heterocycles. The van der Waals surface area contributed by atoms with Gasteiger partial charge in [-0.3, -0.25) is 9.59 Å². The van der Waals surface area contributed by atoms with Crippen molar-refractivity contribution in [2.45, 2.75) is 56.8 Å². The quantitative estimate of drug-likeness (QED) is 0.388. The molecule has 1 spiro atoms. The van der Waals surface area contributed by atoms with E-state index in [4.69, 9.17) is 9.84 Å². The highest BCUT2D eigenvalue weighted by Crippen LogP contribution is 2.77. The maximum Gasteiger partial charge on any atom is 0.316 e. The number of hydrogen-bond acceptors (Lipinski definition) is 6. The van der Waals surface area contributed by atoms with Crippen molar-refractivity contribution < 1.29 is 34.8 Å². The molecule has 5 aliphatic rings. The summed E-state index contributed by atoms with van der Waals surface area (Å²) in [6, 6.07) is 0. The van der Waals surface area contributed by atoms with Gasteiger partial charge in [-0.1, -0.05) is 12.7 Å². The molecule has 1 saturated heterocycles. The molecule has 0 aromatic carbocycles. The Bertz CT molecular complexity index is 790. The maximum atomic E-state index is 12.7. The maximum absolute atomic E-state index is 12.7. The van der Waals surface area contributed by atoms with Crippen LogP contribution in [0.25, 0.3) is 0 Å².